The number of carbonyl (C=O) groups excluding carboxylic acids is 2. The second-order valence-electron chi connectivity index (χ2n) is 7.70. The average Bonchev–Trinajstić information content (AvgIpc) is 2.86. The molecule has 0 aliphatic rings. The summed E-state index contributed by atoms with van der Waals surface area (Å²) >= 11 is 0. The minimum atomic E-state index is -1.20. The van der Waals surface area contributed by atoms with Crippen molar-refractivity contribution in [2.45, 2.75) is 13.0 Å². The minimum absolute atomic E-state index is 0.320. The molecule has 1 heterocycles. The summed E-state index contributed by atoms with van der Waals surface area (Å²) in [6.07, 6.45) is -1.20. The summed E-state index contributed by atoms with van der Waals surface area (Å²) in [6, 6.07) is 21.8. The molecule has 4 aromatic rings. The van der Waals surface area contributed by atoms with Gasteiger partial charge in [0.25, 0.3) is 5.91 Å². The minimum Gasteiger partial charge on any atom is -0.497 e. The van der Waals surface area contributed by atoms with Crippen molar-refractivity contribution in [3.63, 3.8) is 0 Å². The van der Waals surface area contributed by atoms with Gasteiger partial charge in [-0.3, -0.25) is 4.79 Å². The van der Waals surface area contributed by atoms with Gasteiger partial charge in [-0.2, -0.15) is 0 Å². The smallest absolute Gasteiger partial charge is 0.345 e. The van der Waals surface area contributed by atoms with Crippen molar-refractivity contribution >= 4 is 28.5 Å². The number of benzene rings is 3. The number of nitrogens with one attached hydrogen (secondary N) is 1. The Morgan fingerprint density at radius 3 is 2.51 bits per heavy atom. The number of esters is 1. The number of anilines is 1. The Morgan fingerprint density at radius 2 is 1.74 bits per heavy atom. The zero-order valence-corrected chi connectivity index (χ0v) is 19.1. The van der Waals surface area contributed by atoms with Gasteiger partial charge in [0.05, 0.1) is 7.11 Å². The van der Waals surface area contributed by atoms with Gasteiger partial charge in [-0.15, -0.1) is 0 Å². The molecule has 0 saturated carbocycles. The van der Waals surface area contributed by atoms with Crippen molar-refractivity contribution in [1.82, 2.24) is 0 Å². The van der Waals surface area contributed by atoms with E-state index in [2.05, 4.69) is 5.32 Å². The normalized spacial score (nSPS) is 11.5. The fraction of sp³-hybridized carbons (Fsp3) is 0.148. The lowest BCUT2D eigenvalue weighted by Gasteiger charge is -2.18. The van der Waals surface area contributed by atoms with Crippen LogP contribution < -0.4 is 20.4 Å². The van der Waals surface area contributed by atoms with Crippen molar-refractivity contribution in [3.8, 4) is 11.5 Å². The predicted octanol–water partition coefficient (Wildman–Crippen LogP) is 4.41. The number of hydrogen-bond donors (Lipinski definition) is 1. The molecule has 0 spiro atoms. The predicted molar refractivity (Wildman–Crippen MR) is 130 cm³/mol. The molecule has 8 nitrogen and oxygen atoms in total. The number of aryl methyl sites for hydroxylation is 1. The third-order valence-electron chi connectivity index (χ3n) is 5.21. The molecule has 35 heavy (non-hydrogen) atoms. The second kappa shape index (κ2) is 10.6. The van der Waals surface area contributed by atoms with E-state index in [0.717, 1.165) is 10.9 Å². The van der Waals surface area contributed by atoms with Crippen LogP contribution in [0.3, 0.4) is 0 Å². The Kier molecular flexibility index (Phi) is 7.11. The first-order valence-electron chi connectivity index (χ1n) is 10.8. The van der Waals surface area contributed by atoms with Crippen molar-refractivity contribution in [3.05, 3.63) is 100 Å². The highest BCUT2D eigenvalue weighted by atomic mass is 16.6. The molecule has 1 unspecified atom stereocenters. The maximum Gasteiger partial charge on any atom is 0.345 e. The number of hydrogen-bond acceptors (Lipinski definition) is 7. The van der Waals surface area contributed by atoms with E-state index in [1.165, 1.54) is 19.2 Å². The number of amides is 1. The highest BCUT2D eigenvalue weighted by Crippen LogP contribution is 2.24. The van der Waals surface area contributed by atoms with E-state index < -0.39 is 30.2 Å². The van der Waals surface area contributed by atoms with E-state index in [-0.39, 0.29) is 0 Å². The van der Waals surface area contributed by atoms with Gasteiger partial charge in [0.15, 0.2) is 6.61 Å². The molecule has 8 heteroatoms. The molecule has 1 aromatic heterocycles. The van der Waals surface area contributed by atoms with Gasteiger partial charge in [-0.25, -0.2) is 9.59 Å². The van der Waals surface area contributed by atoms with Crippen LogP contribution in [0, 0.1) is 6.92 Å². The molecular weight excluding hydrogens is 450 g/mol. The largest absolute Gasteiger partial charge is 0.497 e. The van der Waals surface area contributed by atoms with Gasteiger partial charge in [0, 0.05) is 34.8 Å². The highest BCUT2D eigenvalue weighted by molar-refractivity contribution is 5.96. The summed E-state index contributed by atoms with van der Waals surface area (Å²) in [6.45, 7) is 1.36. The van der Waals surface area contributed by atoms with Crippen LogP contribution in [0.4, 0.5) is 5.69 Å². The topological polar surface area (TPSA) is 104 Å². The van der Waals surface area contributed by atoms with Crippen LogP contribution in [0.25, 0.3) is 11.0 Å². The molecule has 1 N–H and O–H groups in total. The van der Waals surface area contributed by atoms with Gasteiger partial charge in [0.1, 0.15) is 17.1 Å². The Balaban J connectivity index is 1.47. The molecule has 1 atom stereocenters. The van der Waals surface area contributed by atoms with E-state index in [4.69, 9.17) is 18.6 Å². The second-order valence-corrected chi connectivity index (χ2v) is 7.70. The SMILES string of the molecule is COc1cccc(NC(=O)C(OC(=O)COc2ccc3c(C)cc(=O)oc3c2)c2ccccc2)c1. The summed E-state index contributed by atoms with van der Waals surface area (Å²) in [5.74, 6) is -0.377. The van der Waals surface area contributed by atoms with Crippen molar-refractivity contribution in [2.75, 3.05) is 19.0 Å². The molecule has 0 aliphatic carbocycles. The van der Waals surface area contributed by atoms with Gasteiger partial charge in [-0.05, 0) is 36.8 Å². The molecule has 0 saturated heterocycles. The number of methoxy groups -OCH3 is 1. The van der Waals surface area contributed by atoms with Crippen molar-refractivity contribution in [1.29, 1.82) is 0 Å². The third-order valence-corrected chi connectivity index (χ3v) is 5.21. The van der Waals surface area contributed by atoms with Crippen LogP contribution in [0.5, 0.6) is 11.5 Å². The summed E-state index contributed by atoms with van der Waals surface area (Å²) < 4.78 is 21.4. The van der Waals surface area contributed by atoms with Crippen molar-refractivity contribution < 1.29 is 28.2 Å². The lowest BCUT2D eigenvalue weighted by Crippen LogP contribution is -2.28. The summed E-state index contributed by atoms with van der Waals surface area (Å²) in [4.78, 5) is 37.3. The van der Waals surface area contributed by atoms with E-state index in [1.54, 1.807) is 73.7 Å². The fourth-order valence-corrected chi connectivity index (χ4v) is 3.51. The first-order valence-corrected chi connectivity index (χ1v) is 10.8. The first-order chi connectivity index (χ1) is 16.9. The van der Waals surface area contributed by atoms with E-state index in [1.807, 2.05) is 0 Å². The quantitative estimate of drug-likeness (QED) is 0.299. The van der Waals surface area contributed by atoms with E-state index in [9.17, 15) is 14.4 Å². The molecule has 3 aromatic carbocycles. The number of fused-ring (bicyclic) bond motifs is 1. The zero-order valence-electron chi connectivity index (χ0n) is 19.1. The van der Waals surface area contributed by atoms with Crippen LogP contribution >= 0.6 is 0 Å². The highest BCUT2D eigenvalue weighted by Gasteiger charge is 2.25. The number of rotatable bonds is 8. The van der Waals surface area contributed by atoms with Gasteiger partial charge >= 0.3 is 11.6 Å². The van der Waals surface area contributed by atoms with Gasteiger partial charge in [0.2, 0.25) is 6.10 Å². The Morgan fingerprint density at radius 1 is 0.943 bits per heavy atom. The van der Waals surface area contributed by atoms with Crippen LogP contribution in [0.2, 0.25) is 0 Å². The molecule has 1 amide bonds. The molecule has 0 radical (unpaired) electrons. The third kappa shape index (κ3) is 5.86. The number of carbonyl (C=O) groups is 2. The summed E-state index contributed by atoms with van der Waals surface area (Å²) in [5.41, 5.74) is 1.65. The summed E-state index contributed by atoms with van der Waals surface area (Å²) in [7, 11) is 1.53. The van der Waals surface area contributed by atoms with Crippen molar-refractivity contribution in [2.24, 2.45) is 0 Å². The Bertz CT molecular complexity index is 1410. The standard InChI is InChI=1S/C27H23NO7/c1-17-13-24(29)34-23-15-21(11-12-22(17)23)33-16-25(30)35-26(18-7-4-3-5-8-18)27(31)28-19-9-6-10-20(14-19)32-2/h3-15,26H,16H2,1-2H3,(H,28,31). The van der Waals surface area contributed by atoms with Crippen LogP contribution in [0.15, 0.2) is 88.1 Å². The molecule has 0 fully saturated rings. The lowest BCUT2D eigenvalue weighted by molar-refractivity contribution is -0.156. The van der Waals surface area contributed by atoms with Crippen LogP contribution in [-0.2, 0) is 14.3 Å². The molecule has 4 rings (SSSR count). The van der Waals surface area contributed by atoms with Gasteiger partial charge in [-0.1, -0.05) is 36.4 Å². The molecular formula is C27H23NO7. The maximum absolute atomic E-state index is 13.0. The zero-order chi connectivity index (χ0) is 24.8. The Hall–Kier alpha value is -4.59. The number of ether oxygens (including phenoxy) is 3. The summed E-state index contributed by atoms with van der Waals surface area (Å²) in [5, 5.41) is 3.51. The van der Waals surface area contributed by atoms with E-state index >= 15 is 0 Å². The van der Waals surface area contributed by atoms with E-state index in [0.29, 0.717) is 28.3 Å². The lowest BCUT2D eigenvalue weighted by atomic mass is 10.1. The molecule has 0 bridgehead atoms. The van der Waals surface area contributed by atoms with Crippen LogP contribution in [-0.4, -0.2) is 25.6 Å². The first kappa shape index (κ1) is 23.6. The monoisotopic (exact) mass is 473 g/mol. The average molecular weight is 473 g/mol. The molecule has 178 valence electrons. The maximum atomic E-state index is 13.0. The Labute approximate surface area is 201 Å². The fourth-order valence-electron chi connectivity index (χ4n) is 3.51. The van der Waals surface area contributed by atoms with Crippen LogP contribution in [0.1, 0.15) is 17.2 Å². The molecule has 0 aliphatic heterocycles. The van der Waals surface area contributed by atoms with Gasteiger partial charge < -0.3 is 23.9 Å².